The maximum atomic E-state index is 4.74. The molecule has 0 bridgehead atoms. The lowest BCUT2D eigenvalue weighted by Gasteiger charge is -2.13. The number of hydrogen-bond acceptors (Lipinski definition) is 6. The van der Waals surface area contributed by atoms with Crippen LogP contribution < -0.4 is 10.6 Å². The highest BCUT2D eigenvalue weighted by Gasteiger charge is 2.16. The Hall–Kier alpha value is -4.07. The summed E-state index contributed by atoms with van der Waals surface area (Å²) in [4.78, 5) is 11.7. The third-order valence-corrected chi connectivity index (χ3v) is 9.18. The van der Waals surface area contributed by atoms with E-state index in [9.17, 15) is 0 Å². The van der Waals surface area contributed by atoms with Gasteiger partial charge in [0.1, 0.15) is 5.69 Å². The number of hydrogen-bond donors (Lipinski definition) is 3. The van der Waals surface area contributed by atoms with Crippen LogP contribution in [0.3, 0.4) is 0 Å². The number of thiophene rings is 1. The summed E-state index contributed by atoms with van der Waals surface area (Å²) >= 11 is 1.70. The molecule has 42 heavy (non-hydrogen) atoms. The van der Waals surface area contributed by atoms with Crippen molar-refractivity contribution >= 4 is 44.8 Å². The predicted octanol–water partition coefficient (Wildman–Crippen LogP) is 8.80. The SMILES string of the molecule is C=C/C(=C\C(=C/C)c1cc2c(C(=C)Nc3ccnc(-c4ccc(C(=C)C)s4)c3C)n[nH]c2cn1)CNCC1CCCC1. The molecule has 216 valence electrons. The van der Waals surface area contributed by atoms with Gasteiger partial charge in [0.2, 0.25) is 0 Å². The minimum Gasteiger partial charge on any atom is -0.354 e. The molecule has 0 atom stereocenters. The van der Waals surface area contributed by atoms with Crippen molar-refractivity contribution in [3.63, 3.8) is 0 Å². The average molecular weight is 577 g/mol. The van der Waals surface area contributed by atoms with E-state index in [0.717, 1.165) is 84.7 Å². The molecule has 4 aromatic heterocycles. The van der Waals surface area contributed by atoms with Gasteiger partial charge in [-0.3, -0.25) is 15.1 Å². The second-order valence-corrected chi connectivity index (χ2v) is 12.1. The van der Waals surface area contributed by atoms with Gasteiger partial charge in [0.25, 0.3) is 0 Å². The van der Waals surface area contributed by atoms with Gasteiger partial charge in [-0.2, -0.15) is 5.10 Å². The van der Waals surface area contributed by atoms with Gasteiger partial charge in [-0.1, -0.05) is 44.7 Å². The van der Waals surface area contributed by atoms with E-state index in [1.54, 1.807) is 11.3 Å². The number of aromatic nitrogens is 4. The Balaban J connectivity index is 1.35. The molecule has 0 amide bonds. The number of fused-ring (bicyclic) bond motifs is 1. The maximum absolute atomic E-state index is 4.74. The van der Waals surface area contributed by atoms with Crippen molar-refractivity contribution in [1.82, 2.24) is 25.5 Å². The fourth-order valence-corrected chi connectivity index (χ4v) is 6.45. The van der Waals surface area contributed by atoms with Crippen LogP contribution in [0.25, 0.3) is 38.3 Å². The summed E-state index contributed by atoms with van der Waals surface area (Å²) in [6.07, 6.45) is 15.2. The lowest BCUT2D eigenvalue weighted by molar-refractivity contribution is 0.503. The van der Waals surface area contributed by atoms with Crippen molar-refractivity contribution in [2.24, 2.45) is 5.92 Å². The normalized spacial score (nSPS) is 14.5. The standard InChI is InChI=1S/C35H40N6S/c1-7-25(19-36-20-26-11-9-10-12-26)17-27(8-2)30-18-28-31(21-38-30)40-41-35(28)24(6)39-29-15-16-37-34(23(29)5)33-14-13-32(42-33)22(3)4/h7-8,13-18,21,26,36H,1,3,6,9-12,19-20H2,2,4-5H3,(H,37,39)(H,40,41)/b25-17+,27-8+. The third-order valence-electron chi connectivity index (χ3n) is 7.93. The van der Waals surface area contributed by atoms with Crippen LogP contribution in [0.2, 0.25) is 0 Å². The van der Waals surface area contributed by atoms with E-state index in [4.69, 9.17) is 4.98 Å². The van der Waals surface area contributed by atoms with Crippen molar-refractivity contribution in [3.05, 3.63) is 102 Å². The van der Waals surface area contributed by atoms with Crippen LogP contribution in [-0.4, -0.2) is 33.3 Å². The number of allylic oxidation sites excluding steroid dienone is 4. The molecular formula is C35H40N6S. The van der Waals surface area contributed by atoms with Crippen LogP contribution in [0.15, 0.2) is 80.2 Å². The van der Waals surface area contributed by atoms with E-state index in [1.807, 2.05) is 38.4 Å². The molecule has 1 aliphatic carbocycles. The molecule has 1 fully saturated rings. The first-order valence-corrected chi connectivity index (χ1v) is 15.4. The second kappa shape index (κ2) is 13.3. The van der Waals surface area contributed by atoms with E-state index in [0.29, 0.717) is 5.70 Å². The molecule has 1 aliphatic rings. The number of H-pyrrole nitrogens is 1. The smallest absolute Gasteiger partial charge is 0.116 e. The van der Waals surface area contributed by atoms with Gasteiger partial charge in [-0.05, 0) is 98.7 Å². The van der Waals surface area contributed by atoms with E-state index in [-0.39, 0.29) is 0 Å². The molecule has 0 spiro atoms. The summed E-state index contributed by atoms with van der Waals surface area (Å²) in [6, 6.07) is 8.26. The van der Waals surface area contributed by atoms with Crippen molar-refractivity contribution in [1.29, 1.82) is 0 Å². The Morgan fingerprint density at radius 2 is 1.98 bits per heavy atom. The Kier molecular flexibility index (Phi) is 9.30. The summed E-state index contributed by atoms with van der Waals surface area (Å²) in [5.74, 6) is 0.801. The molecule has 0 radical (unpaired) electrons. The molecule has 6 nitrogen and oxygen atoms in total. The lowest BCUT2D eigenvalue weighted by Crippen LogP contribution is -2.23. The van der Waals surface area contributed by atoms with Crippen LogP contribution in [0.5, 0.6) is 0 Å². The van der Waals surface area contributed by atoms with Crippen LogP contribution >= 0.6 is 11.3 Å². The Bertz CT molecular complexity index is 1680. The van der Waals surface area contributed by atoms with E-state index < -0.39 is 0 Å². The van der Waals surface area contributed by atoms with Crippen molar-refractivity contribution in [2.45, 2.75) is 46.5 Å². The minimum absolute atomic E-state index is 0.702. The van der Waals surface area contributed by atoms with Crippen LogP contribution in [-0.2, 0) is 0 Å². The molecule has 4 heterocycles. The van der Waals surface area contributed by atoms with E-state index in [2.05, 4.69) is 82.8 Å². The van der Waals surface area contributed by atoms with Crippen molar-refractivity contribution < 1.29 is 0 Å². The van der Waals surface area contributed by atoms with Crippen LogP contribution in [0.4, 0.5) is 5.69 Å². The van der Waals surface area contributed by atoms with Crippen molar-refractivity contribution in [2.75, 3.05) is 18.4 Å². The molecule has 0 aliphatic heterocycles. The Morgan fingerprint density at radius 1 is 1.17 bits per heavy atom. The van der Waals surface area contributed by atoms with Gasteiger partial charge < -0.3 is 10.6 Å². The molecule has 3 N–H and O–H groups in total. The highest BCUT2D eigenvalue weighted by atomic mass is 32.1. The monoisotopic (exact) mass is 576 g/mol. The minimum atomic E-state index is 0.702. The molecule has 7 heteroatoms. The van der Waals surface area contributed by atoms with Gasteiger partial charge in [0.15, 0.2) is 0 Å². The van der Waals surface area contributed by atoms with Gasteiger partial charge in [0.05, 0.1) is 33.7 Å². The zero-order valence-electron chi connectivity index (χ0n) is 24.9. The summed E-state index contributed by atoms with van der Waals surface area (Å²) in [5, 5.41) is 15.8. The van der Waals surface area contributed by atoms with Crippen LogP contribution in [0.1, 0.15) is 61.4 Å². The molecule has 0 unspecified atom stereocenters. The van der Waals surface area contributed by atoms with E-state index in [1.165, 1.54) is 25.7 Å². The highest BCUT2D eigenvalue weighted by molar-refractivity contribution is 7.16. The van der Waals surface area contributed by atoms with Gasteiger partial charge in [-0.25, -0.2) is 0 Å². The Labute approximate surface area is 253 Å². The topological polar surface area (TPSA) is 78.5 Å². The number of pyridine rings is 2. The lowest BCUT2D eigenvalue weighted by atomic mass is 10.0. The number of anilines is 1. The van der Waals surface area contributed by atoms with Gasteiger partial charge >= 0.3 is 0 Å². The molecular weight excluding hydrogens is 536 g/mol. The first-order valence-electron chi connectivity index (χ1n) is 14.6. The molecule has 4 aromatic rings. The zero-order valence-corrected chi connectivity index (χ0v) is 25.7. The number of nitrogens with one attached hydrogen (secondary N) is 3. The predicted molar refractivity (Wildman–Crippen MR) is 180 cm³/mol. The molecule has 0 aromatic carbocycles. The second-order valence-electron chi connectivity index (χ2n) is 11.0. The molecule has 5 rings (SSSR count). The summed E-state index contributed by atoms with van der Waals surface area (Å²) in [6.45, 7) is 20.5. The first kappa shape index (κ1) is 29.4. The van der Waals surface area contributed by atoms with Gasteiger partial charge in [-0.15, -0.1) is 11.3 Å². The fourth-order valence-electron chi connectivity index (χ4n) is 5.46. The number of rotatable bonds is 12. The average Bonchev–Trinajstić information content (AvgIpc) is 3.77. The number of aromatic amines is 1. The van der Waals surface area contributed by atoms with Crippen molar-refractivity contribution in [3.8, 4) is 10.6 Å². The van der Waals surface area contributed by atoms with Gasteiger partial charge in [0, 0.05) is 28.7 Å². The summed E-state index contributed by atoms with van der Waals surface area (Å²) < 4.78 is 0. The summed E-state index contributed by atoms with van der Waals surface area (Å²) in [5.41, 5.74) is 9.38. The molecule has 1 saturated carbocycles. The number of nitrogens with zero attached hydrogens (tertiary/aromatic N) is 3. The van der Waals surface area contributed by atoms with E-state index >= 15 is 0 Å². The third kappa shape index (κ3) is 6.53. The first-order chi connectivity index (χ1) is 20.4. The molecule has 0 saturated heterocycles. The summed E-state index contributed by atoms with van der Waals surface area (Å²) in [7, 11) is 0. The Morgan fingerprint density at radius 3 is 2.69 bits per heavy atom. The largest absolute Gasteiger partial charge is 0.354 e. The highest BCUT2D eigenvalue weighted by Crippen LogP contribution is 2.35. The zero-order chi connectivity index (χ0) is 29.6. The van der Waals surface area contributed by atoms with Crippen LogP contribution in [0, 0.1) is 12.8 Å². The maximum Gasteiger partial charge on any atom is 0.116 e. The quantitative estimate of drug-likeness (QED) is 0.147. The fraction of sp³-hybridized carbons (Fsp3) is 0.286.